The van der Waals surface area contributed by atoms with Crippen LogP contribution in [0.2, 0.25) is 0 Å². The van der Waals surface area contributed by atoms with Gasteiger partial charge in [0.25, 0.3) is 5.91 Å². The lowest BCUT2D eigenvalue weighted by molar-refractivity contribution is 0.0708. The van der Waals surface area contributed by atoms with Gasteiger partial charge >= 0.3 is 0 Å². The van der Waals surface area contributed by atoms with Gasteiger partial charge in [-0.05, 0) is 48.3 Å². The highest BCUT2D eigenvalue weighted by Crippen LogP contribution is 2.52. The van der Waals surface area contributed by atoms with E-state index in [1.165, 1.54) is 6.42 Å². The predicted octanol–water partition coefficient (Wildman–Crippen LogP) is 4.19. The van der Waals surface area contributed by atoms with Crippen LogP contribution in [0.4, 0.5) is 0 Å². The maximum absolute atomic E-state index is 13.2. The van der Waals surface area contributed by atoms with Crippen molar-refractivity contribution in [2.45, 2.75) is 46.1 Å². The number of rotatable bonds is 3. The van der Waals surface area contributed by atoms with E-state index in [0.717, 1.165) is 36.2 Å². The van der Waals surface area contributed by atoms with Crippen LogP contribution in [0.1, 0.15) is 50.4 Å². The number of aromatic nitrogens is 2. The van der Waals surface area contributed by atoms with Gasteiger partial charge < -0.3 is 9.64 Å². The molecule has 1 saturated heterocycles. The summed E-state index contributed by atoms with van der Waals surface area (Å²) in [5.41, 5.74) is 3.01. The highest BCUT2D eigenvalue weighted by atomic mass is 16.5. The highest BCUT2D eigenvalue weighted by molar-refractivity contribution is 5.95. The van der Waals surface area contributed by atoms with E-state index in [0.29, 0.717) is 17.3 Å². The van der Waals surface area contributed by atoms with Crippen molar-refractivity contribution in [2.75, 3.05) is 13.7 Å². The van der Waals surface area contributed by atoms with Gasteiger partial charge in [0.05, 0.1) is 12.8 Å². The lowest BCUT2D eigenvalue weighted by atomic mass is 9.65. The van der Waals surface area contributed by atoms with Crippen molar-refractivity contribution >= 4 is 5.91 Å². The second kappa shape index (κ2) is 6.32. The van der Waals surface area contributed by atoms with Crippen LogP contribution in [0.3, 0.4) is 0 Å². The van der Waals surface area contributed by atoms with E-state index in [-0.39, 0.29) is 11.3 Å². The molecule has 0 spiro atoms. The number of fused-ring (bicyclic) bond motifs is 2. The van der Waals surface area contributed by atoms with Crippen LogP contribution >= 0.6 is 0 Å². The molecule has 0 unspecified atom stereocenters. The summed E-state index contributed by atoms with van der Waals surface area (Å²) in [6.45, 7) is 7.86. The number of methoxy groups -OCH3 is 1. The monoisotopic (exact) mass is 365 g/mol. The molecule has 142 valence electrons. The molecule has 2 bridgehead atoms. The highest BCUT2D eigenvalue weighted by Gasteiger charge is 2.50. The van der Waals surface area contributed by atoms with E-state index < -0.39 is 0 Å². The van der Waals surface area contributed by atoms with Crippen LogP contribution in [-0.2, 0) is 0 Å². The molecule has 2 fully saturated rings. The van der Waals surface area contributed by atoms with Gasteiger partial charge in [0.2, 0.25) is 5.88 Å². The zero-order valence-electron chi connectivity index (χ0n) is 16.5. The zero-order chi connectivity index (χ0) is 19.2. The Bertz CT molecular complexity index is 845. The molecule has 0 radical (unpaired) electrons. The van der Waals surface area contributed by atoms with Gasteiger partial charge in [-0.15, -0.1) is 10.2 Å². The summed E-state index contributed by atoms with van der Waals surface area (Å²) in [4.78, 5) is 15.3. The fourth-order valence-electron chi connectivity index (χ4n) is 5.23. The Morgan fingerprint density at radius 3 is 2.44 bits per heavy atom. The molecular weight excluding hydrogens is 338 g/mol. The number of hydrogen-bond acceptors (Lipinski definition) is 4. The minimum Gasteiger partial charge on any atom is -0.480 e. The Kier molecular flexibility index (Phi) is 4.21. The fourth-order valence-corrected chi connectivity index (χ4v) is 5.23. The number of benzene rings is 1. The van der Waals surface area contributed by atoms with Crippen LogP contribution < -0.4 is 4.74 Å². The first-order valence-electron chi connectivity index (χ1n) is 9.58. The Morgan fingerprint density at radius 2 is 1.81 bits per heavy atom. The van der Waals surface area contributed by atoms with Crippen LogP contribution in [0.25, 0.3) is 11.3 Å². The lowest BCUT2D eigenvalue weighted by Crippen LogP contribution is -2.37. The third-order valence-electron chi connectivity index (χ3n) is 5.95. The largest absolute Gasteiger partial charge is 0.480 e. The molecule has 2 atom stereocenters. The van der Waals surface area contributed by atoms with Crippen molar-refractivity contribution in [3.05, 3.63) is 42.0 Å². The summed E-state index contributed by atoms with van der Waals surface area (Å²) >= 11 is 0. The van der Waals surface area contributed by atoms with E-state index >= 15 is 0 Å². The topological polar surface area (TPSA) is 55.3 Å². The molecule has 1 saturated carbocycles. The molecule has 1 aromatic heterocycles. The quantitative estimate of drug-likeness (QED) is 0.818. The van der Waals surface area contributed by atoms with Crippen LogP contribution in [0.5, 0.6) is 5.88 Å². The smallest absolute Gasteiger partial charge is 0.254 e. The molecule has 5 nitrogen and oxygen atoms in total. The third kappa shape index (κ3) is 3.43. The lowest BCUT2D eigenvalue weighted by Gasteiger charge is -2.39. The Hall–Kier alpha value is -2.43. The van der Waals surface area contributed by atoms with Crippen molar-refractivity contribution in [2.24, 2.45) is 10.8 Å². The number of hydrogen-bond donors (Lipinski definition) is 0. The summed E-state index contributed by atoms with van der Waals surface area (Å²) in [7, 11) is 1.57. The summed E-state index contributed by atoms with van der Waals surface area (Å²) in [6, 6.07) is 11.7. The summed E-state index contributed by atoms with van der Waals surface area (Å²) in [5.74, 6) is 0.635. The zero-order valence-corrected chi connectivity index (χ0v) is 16.5. The molecular formula is C22H27N3O2. The van der Waals surface area contributed by atoms with Gasteiger partial charge in [0.15, 0.2) is 0 Å². The van der Waals surface area contributed by atoms with Crippen molar-refractivity contribution in [1.29, 1.82) is 0 Å². The SMILES string of the molecule is COc1ccc(-c2ccc(C(=O)N3C[C@]4(C)C[C@H]3CC(C)(C)C4)cc2)nn1. The van der Waals surface area contributed by atoms with E-state index in [1.807, 2.05) is 30.3 Å². The van der Waals surface area contributed by atoms with E-state index in [4.69, 9.17) is 4.74 Å². The molecule has 4 rings (SSSR count). The fraction of sp³-hybridized carbons (Fsp3) is 0.500. The van der Waals surface area contributed by atoms with Gasteiger partial charge in [-0.2, -0.15) is 0 Å². The minimum atomic E-state index is 0.147. The standard InChI is InChI=1S/C22H27N3O2/c1-21(2)11-17-12-22(3,13-21)14-25(17)20(26)16-7-5-15(6-8-16)18-9-10-19(27-4)24-23-18/h5-10,17H,11-14H2,1-4H3/t17-,22-/m1/s1. The normalized spacial score (nSPS) is 26.1. The number of amides is 1. The molecule has 2 heterocycles. The summed E-state index contributed by atoms with van der Waals surface area (Å²) in [5, 5.41) is 8.17. The molecule has 5 heteroatoms. The molecule has 2 aliphatic rings. The van der Waals surface area contributed by atoms with Crippen LogP contribution in [0, 0.1) is 10.8 Å². The van der Waals surface area contributed by atoms with Crippen molar-refractivity contribution in [3.8, 4) is 17.1 Å². The number of carbonyl (C=O) groups excluding carboxylic acids is 1. The average Bonchev–Trinajstić information content (AvgIpc) is 2.90. The van der Waals surface area contributed by atoms with Gasteiger partial charge in [-0.3, -0.25) is 4.79 Å². The Labute approximate surface area is 160 Å². The van der Waals surface area contributed by atoms with Gasteiger partial charge in [0, 0.05) is 29.8 Å². The second-order valence-corrected chi connectivity index (χ2v) is 9.19. The van der Waals surface area contributed by atoms with Crippen LogP contribution in [-0.4, -0.2) is 40.7 Å². The molecule has 2 aromatic rings. The van der Waals surface area contributed by atoms with Crippen molar-refractivity contribution < 1.29 is 9.53 Å². The average molecular weight is 365 g/mol. The molecule has 27 heavy (non-hydrogen) atoms. The van der Waals surface area contributed by atoms with Gasteiger partial charge in [-0.25, -0.2) is 0 Å². The van der Waals surface area contributed by atoms with Gasteiger partial charge in [0.1, 0.15) is 0 Å². The van der Waals surface area contributed by atoms with E-state index in [1.54, 1.807) is 13.2 Å². The first-order chi connectivity index (χ1) is 12.8. The summed E-state index contributed by atoms with van der Waals surface area (Å²) in [6.07, 6.45) is 3.41. The minimum absolute atomic E-state index is 0.147. The molecule has 1 aromatic carbocycles. The van der Waals surface area contributed by atoms with Crippen molar-refractivity contribution in [1.82, 2.24) is 15.1 Å². The maximum atomic E-state index is 13.2. The van der Waals surface area contributed by atoms with Crippen molar-refractivity contribution in [3.63, 3.8) is 0 Å². The second-order valence-electron chi connectivity index (χ2n) is 9.19. The molecule has 1 aliphatic heterocycles. The third-order valence-corrected chi connectivity index (χ3v) is 5.95. The Morgan fingerprint density at radius 1 is 1.07 bits per heavy atom. The number of ether oxygens (including phenoxy) is 1. The first-order valence-corrected chi connectivity index (χ1v) is 9.58. The maximum Gasteiger partial charge on any atom is 0.254 e. The summed E-state index contributed by atoms with van der Waals surface area (Å²) < 4.78 is 5.05. The van der Waals surface area contributed by atoms with Gasteiger partial charge in [-0.1, -0.05) is 32.9 Å². The number of likely N-dealkylation sites (tertiary alicyclic amines) is 1. The number of nitrogens with zero attached hydrogens (tertiary/aromatic N) is 3. The van der Waals surface area contributed by atoms with E-state index in [9.17, 15) is 4.79 Å². The molecule has 1 amide bonds. The first kappa shape index (κ1) is 18.0. The van der Waals surface area contributed by atoms with Crippen LogP contribution in [0.15, 0.2) is 36.4 Å². The van der Waals surface area contributed by atoms with E-state index in [2.05, 4.69) is 35.9 Å². The molecule has 0 N–H and O–H groups in total. The number of carbonyl (C=O) groups is 1. The predicted molar refractivity (Wildman–Crippen MR) is 105 cm³/mol. The Balaban J connectivity index is 1.53. The molecule has 1 aliphatic carbocycles.